The van der Waals surface area contributed by atoms with Crippen LogP contribution in [0.15, 0.2) is 0 Å². The van der Waals surface area contributed by atoms with Crippen molar-refractivity contribution < 1.29 is 9.59 Å². The van der Waals surface area contributed by atoms with Crippen molar-refractivity contribution in [1.29, 1.82) is 0 Å². The second kappa shape index (κ2) is 5.73. The van der Waals surface area contributed by atoms with Crippen LogP contribution < -0.4 is 15.5 Å². The first-order valence-electron chi connectivity index (χ1n) is 7.41. The van der Waals surface area contributed by atoms with E-state index in [1.807, 2.05) is 18.9 Å². The number of anilines is 1. The molecule has 2 N–H and O–H groups in total. The van der Waals surface area contributed by atoms with E-state index >= 15 is 0 Å². The van der Waals surface area contributed by atoms with Crippen molar-refractivity contribution in [2.75, 3.05) is 18.5 Å². The Bertz CT molecular complexity index is 571. The molecule has 1 saturated heterocycles. The number of imide groups is 1. The normalized spacial score (nSPS) is 25.7. The molecule has 3 rings (SSSR count). The third-order valence-corrected chi connectivity index (χ3v) is 5.42. The van der Waals surface area contributed by atoms with Crippen LogP contribution in [-0.2, 0) is 16.0 Å². The minimum Gasteiger partial charge on any atom is -0.327 e. The van der Waals surface area contributed by atoms with Gasteiger partial charge in [-0.25, -0.2) is 4.98 Å². The third kappa shape index (κ3) is 2.55. The SMILES string of the molecule is CCC1C(=O)NC(=O)CN1c1nc2c(s1)C(NC)CCC2. The number of hydrogen-bond acceptors (Lipinski definition) is 6. The van der Waals surface area contributed by atoms with Crippen LogP contribution in [0.2, 0.25) is 0 Å². The van der Waals surface area contributed by atoms with Gasteiger partial charge in [0.15, 0.2) is 5.13 Å². The Hall–Kier alpha value is -1.47. The highest BCUT2D eigenvalue weighted by Crippen LogP contribution is 2.38. The van der Waals surface area contributed by atoms with Crippen molar-refractivity contribution in [3.05, 3.63) is 10.6 Å². The summed E-state index contributed by atoms with van der Waals surface area (Å²) in [4.78, 5) is 31.5. The van der Waals surface area contributed by atoms with Crippen LogP contribution in [0, 0.1) is 0 Å². The fraction of sp³-hybridized carbons (Fsp3) is 0.643. The molecule has 1 fully saturated rings. The zero-order chi connectivity index (χ0) is 15.0. The van der Waals surface area contributed by atoms with Crippen molar-refractivity contribution in [3.63, 3.8) is 0 Å². The van der Waals surface area contributed by atoms with Crippen LogP contribution in [-0.4, -0.2) is 36.4 Å². The van der Waals surface area contributed by atoms with Gasteiger partial charge in [0.25, 0.3) is 0 Å². The number of nitrogens with one attached hydrogen (secondary N) is 2. The highest BCUT2D eigenvalue weighted by Gasteiger charge is 2.35. The lowest BCUT2D eigenvalue weighted by molar-refractivity contribution is -0.132. The van der Waals surface area contributed by atoms with Crippen LogP contribution >= 0.6 is 11.3 Å². The number of aryl methyl sites for hydroxylation is 1. The molecule has 21 heavy (non-hydrogen) atoms. The molecular formula is C14H20N4O2S. The quantitative estimate of drug-likeness (QED) is 0.814. The zero-order valence-electron chi connectivity index (χ0n) is 12.3. The molecule has 7 heteroatoms. The van der Waals surface area contributed by atoms with E-state index in [2.05, 4.69) is 10.6 Å². The topological polar surface area (TPSA) is 74.3 Å². The summed E-state index contributed by atoms with van der Waals surface area (Å²) in [6.45, 7) is 2.16. The first-order valence-corrected chi connectivity index (χ1v) is 8.22. The summed E-state index contributed by atoms with van der Waals surface area (Å²) >= 11 is 1.62. The summed E-state index contributed by atoms with van der Waals surface area (Å²) < 4.78 is 0. The molecule has 0 spiro atoms. The van der Waals surface area contributed by atoms with Gasteiger partial charge in [0.05, 0.1) is 5.69 Å². The van der Waals surface area contributed by atoms with E-state index in [1.165, 1.54) is 4.88 Å². The highest BCUT2D eigenvalue weighted by atomic mass is 32.1. The molecule has 2 heterocycles. The molecule has 6 nitrogen and oxygen atoms in total. The molecule has 2 atom stereocenters. The molecule has 1 aliphatic heterocycles. The standard InChI is InChI=1S/C14H20N4O2S/c1-3-10-13(20)17-11(19)7-18(10)14-16-9-6-4-5-8(15-2)12(9)21-14/h8,10,15H,3-7H2,1-2H3,(H,17,19,20). The minimum atomic E-state index is -0.302. The van der Waals surface area contributed by atoms with Gasteiger partial charge in [0, 0.05) is 10.9 Å². The number of amides is 2. The number of piperazine rings is 1. The summed E-state index contributed by atoms with van der Waals surface area (Å²) in [5, 5.41) is 6.53. The average molecular weight is 308 g/mol. The van der Waals surface area contributed by atoms with Crippen LogP contribution in [0.4, 0.5) is 5.13 Å². The fourth-order valence-electron chi connectivity index (χ4n) is 3.08. The summed E-state index contributed by atoms with van der Waals surface area (Å²) in [7, 11) is 1.96. The molecule has 1 aliphatic carbocycles. The smallest absolute Gasteiger partial charge is 0.249 e. The lowest BCUT2D eigenvalue weighted by Gasteiger charge is -2.33. The second-order valence-electron chi connectivity index (χ2n) is 5.51. The largest absolute Gasteiger partial charge is 0.327 e. The molecule has 2 unspecified atom stereocenters. The monoisotopic (exact) mass is 308 g/mol. The zero-order valence-corrected chi connectivity index (χ0v) is 13.1. The molecule has 2 aliphatic rings. The van der Waals surface area contributed by atoms with Gasteiger partial charge in [-0.3, -0.25) is 14.9 Å². The summed E-state index contributed by atoms with van der Waals surface area (Å²) in [5.74, 6) is -0.463. The Kier molecular flexibility index (Phi) is 3.95. The summed E-state index contributed by atoms with van der Waals surface area (Å²) in [6.07, 6.45) is 3.88. The van der Waals surface area contributed by atoms with Crippen molar-refractivity contribution in [2.24, 2.45) is 0 Å². The first kappa shape index (κ1) is 14.5. The van der Waals surface area contributed by atoms with E-state index in [0.717, 1.165) is 30.1 Å². The fourth-order valence-corrected chi connectivity index (χ4v) is 4.38. The van der Waals surface area contributed by atoms with E-state index in [1.54, 1.807) is 11.3 Å². The van der Waals surface area contributed by atoms with Crippen molar-refractivity contribution in [1.82, 2.24) is 15.6 Å². The van der Waals surface area contributed by atoms with Gasteiger partial charge in [-0.05, 0) is 32.7 Å². The maximum atomic E-state index is 12.0. The van der Waals surface area contributed by atoms with E-state index < -0.39 is 0 Å². The van der Waals surface area contributed by atoms with Gasteiger partial charge in [-0.15, -0.1) is 0 Å². The Morgan fingerprint density at radius 2 is 2.29 bits per heavy atom. The molecule has 0 saturated carbocycles. The van der Waals surface area contributed by atoms with Crippen LogP contribution in [0.25, 0.3) is 0 Å². The van der Waals surface area contributed by atoms with Gasteiger partial charge >= 0.3 is 0 Å². The predicted molar refractivity (Wildman–Crippen MR) is 81.4 cm³/mol. The molecule has 2 amide bonds. The van der Waals surface area contributed by atoms with Crippen molar-refractivity contribution >= 4 is 28.3 Å². The predicted octanol–water partition coefficient (Wildman–Crippen LogP) is 0.981. The lowest BCUT2D eigenvalue weighted by atomic mass is 9.98. The molecule has 0 bridgehead atoms. The van der Waals surface area contributed by atoms with E-state index in [4.69, 9.17) is 4.98 Å². The van der Waals surface area contributed by atoms with Crippen molar-refractivity contribution in [2.45, 2.75) is 44.7 Å². The highest BCUT2D eigenvalue weighted by molar-refractivity contribution is 7.15. The Balaban J connectivity index is 1.94. The number of hydrogen-bond donors (Lipinski definition) is 2. The average Bonchev–Trinajstić information content (AvgIpc) is 2.90. The maximum absolute atomic E-state index is 12.0. The van der Waals surface area contributed by atoms with Gasteiger partial charge in [0.2, 0.25) is 11.8 Å². The Labute approximate surface area is 127 Å². The minimum absolute atomic E-state index is 0.209. The number of carbonyl (C=O) groups is 2. The molecule has 0 radical (unpaired) electrons. The summed E-state index contributed by atoms with van der Waals surface area (Å²) in [5.41, 5.74) is 1.12. The van der Waals surface area contributed by atoms with Crippen LogP contribution in [0.3, 0.4) is 0 Å². The van der Waals surface area contributed by atoms with Gasteiger partial charge in [0.1, 0.15) is 12.6 Å². The number of nitrogens with zero attached hydrogens (tertiary/aromatic N) is 2. The molecule has 1 aromatic rings. The number of thiazole rings is 1. The van der Waals surface area contributed by atoms with E-state index in [9.17, 15) is 9.59 Å². The number of rotatable bonds is 3. The first-order chi connectivity index (χ1) is 10.1. The molecular weight excluding hydrogens is 288 g/mol. The lowest BCUT2D eigenvalue weighted by Crippen LogP contribution is -2.58. The van der Waals surface area contributed by atoms with E-state index in [-0.39, 0.29) is 24.4 Å². The van der Waals surface area contributed by atoms with Crippen LogP contribution in [0.1, 0.15) is 42.8 Å². The molecule has 0 aromatic carbocycles. The number of aromatic nitrogens is 1. The molecule has 1 aromatic heterocycles. The van der Waals surface area contributed by atoms with Crippen LogP contribution in [0.5, 0.6) is 0 Å². The van der Waals surface area contributed by atoms with Gasteiger partial charge in [-0.1, -0.05) is 18.3 Å². The third-order valence-electron chi connectivity index (χ3n) is 4.18. The van der Waals surface area contributed by atoms with Gasteiger partial charge < -0.3 is 10.2 Å². The number of carbonyl (C=O) groups excluding carboxylic acids is 2. The Morgan fingerprint density at radius 1 is 1.48 bits per heavy atom. The second-order valence-corrected chi connectivity index (χ2v) is 6.51. The van der Waals surface area contributed by atoms with Crippen molar-refractivity contribution in [3.8, 4) is 0 Å². The maximum Gasteiger partial charge on any atom is 0.249 e. The van der Waals surface area contributed by atoms with Gasteiger partial charge in [-0.2, -0.15) is 0 Å². The number of fused-ring (bicyclic) bond motifs is 1. The van der Waals surface area contributed by atoms with E-state index in [0.29, 0.717) is 12.5 Å². The molecule has 114 valence electrons. The summed E-state index contributed by atoms with van der Waals surface area (Å²) in [6, 6.07) is 0.0396. The Morgan fingerprint density at radius 3 is 3.00 bits per heavy atom.